The van der Waals surface area contributed by atoms with Crippen LogP contribution in [-0.4, -0.2) is 18.2 Å². The maximum Gasteiger partial charge on any atom is 0.407 e. The van der Waals surface area contributed by atoms with Crippen molar-refractivity contribution in [2.75, 3.05) is 6.54 Å². The Kier molecular flexibility index (Phi) is 3.60. The molecule has 1 amide bonds. The molecular formula is C15H21NO2. The molecule has 3 heteroatoms. The molecule has 0 heterocycles. The molecule has 1 aromatic rings. The maximum absolute atomic E-state index is 11.6. The molecule has 98 valence electrons. The van der Waals surface area contributed by atoms with Gasteiger partial charge >= 0.3 is 6.09 Å². The number of ether oxygens (including phenoxy) is 1. The van der Waals surface area contributed by atoms with Crippen LogP contribution in [0.4, 0.5) is 4.79 Å². The van der Waals surface area contributed by atoms with Crippen molar-refractivity contribution < 1.29 is 9.53 Å². The Balaban J connectivity index is 1.79. The number of benzene rings is 1. The lowest BCUT2D eigenvalue weighted by molar-refractivity contribution is 0.0520. The second kappa shape index (κ2) is 5.01. The summed E-state index contributed by atoms with van der Waals surface area (Å²) in [6.45, 7) is 6.30. The van der Waals surface area contributed by atoms with Gasteiger partial charge in [-0.25, -0.2) is 4.79 Å². The van der Waals surface area contributed by atoms with E-state index in [-0.39, 0.29) is 6.09 Å². The van der Waals surface area contributed by atoms with Gasteiger partial charge in [0.1, 0.15) is 5.60 Å². The Morgan fingerprint density at radius 1 is 1.28 bits per heavy atom. The Bertz CT molecular complexity index is 409. The molecule has 3 nitrogen and oxygen atoms in total. The minimum atomic E-state index is -0.428. The van der Waals surface area contributed by atoms with Crippen molar-refractivity contribution in [3.05, 3.63) is 35.4 Å². The zero-order valence-corrected chi connectivity index (χ0v) is 11.3. The number of fused-ring (bicyclic) bond motifs is 1. The Morgan fingerprint density at radius 2 is 1.83 bits per heavy atom. The van der Waals surface area contributed by atoms with Gasteiger partial charge in [0.15, 0.2) is 0 Å². The Labute approximate surface area is 109 Å². The van der Waals surface area contributed by atoms with E-state index >= 15 is 0 Å². The van der Waals surface area contributed by atoms with Gasteiger partial charge in [0.25, 0.3) is 0 Å². The van der Waals surface area contributed by atoms with Crippen molar-refractivity contribution in [1.29, 1.82) is 0 Å². The monoisotopic (exact) mass is 247 g/mol. The van der Waals surface area contributed by atoms with E-state index in [1.165, 1.54) is 11.1 Å². The fraction of sp³-hybridized carbons (Fsp3) is 0.533. The normalized spacial score (nSPS) is 15.3. The predicted octanol–water partition coefficient (Wildman–Crippen LogP) is 2.93. The van der Waals surface area contributed by atoms with E-state index in [1.54, 1.807) is 0 Å². The lowest BCUT2D eigenvalue weighted by atomic mass is 10.1. The third kappa shape index (κ3) is 3.49. The van der Waals surface area contributed by atoms with Crippen molar-refractivity contribution in [2.45, 2.75) is 39.2 Å². The van der Waals surface area contributed by atoms with Crippen LogP contribution in [0.25, 0.3) is 0 Å². The highest BCUT2D eigenvalue weighted by Crippen LogP contribution is 2.25. The molecule has 18 heavy (non-hydrogen) atoms. The van der Waals surface area contributed by atoms with Crippen molar-refractivity contribution >= 4 is 6.09 Å². The second-order valence-electron chi connectivity index (χ2n) is 5.93. The molecule has 0 saturated heterocycles. The minimum Gasteiger partial charge on any atom is -0.444 e. The van der Waals surface area contributed by atoms with Crippen molar-refractivity contribution in [1.82, 2.24) is 5.32 Å². The number of hydrogen-bond acceptors (Lipinski definition) is 2. The number of amides is 1. The average Bonchev–Trinajstić information content (AvgIpc) is 2.66. The molecule has 0 atom stereocenters. The quantitative estimate of drug-likeness (QED) is 0.872. The SMILES string of the molecule is CC(C)(C)OC(=O)NCC1Cc2ccccc2C1. The van der Waals surface area contributed by atoms with Crippen molar-refractivity contribution in [2.24, 2.45) is 5.92 Å². The third-order valence-electron chi connectivity index (χ3n) is 3.07. The average molecular weight is 247 g/mol. The summed E-state index contributed by atoms with van der Waals surface area (Å²) in [5.41, 5.74) is 2.39. The molecule has 0 fully saturated rings. The molecule has 0 unspecified atom stereocenters. The topological polar surface area (TPSA) is 38.3 Å². The van der Waals surface area contributed by atoms with Crippen LogP contribution in [0.2, 0.25) is 0 Å². The van der Waals surface area contributed by atoms with E-state index in [4.69, 9.17) is 4.74 Å². The Hall–Kier alpha value is -1.51. The summed E-state index contributed by atoms with van der Waals surface area (Å²) in [7, 11) is 0. The van der Waals surface area contributed by atoms with Crippen LogP contribution in [0.5, 0.6) is 0 Å². The fourth-order valence-corrected chi connectivity index (χ4v) is 2.34. The highest BCUT2D eigenvalue weighted by Gasteiger charge is 2.22. The van der Waals surface area contributed by atoms with Gasteiger partial charge in [-0.15, -0.1) is 0 Å². The smallest absolute Gasteiger partial charge is 0.407 e. The summed E-state index contributed by atoms with van der Waals surface area (Å²) < 4.78 is 5.22. The third-order valence-corrected chi connectivity index (χ3v) is 3.07. The van der Waals surface area contributed by atoms with Crippen LogP contribution in [0, 0.1) is 5.92 Å². The zero-order chi connectivity index (χ0) is 13.2. The van der Waals surface area contributed by atoms with Crippen LogP contribution < -0.4 is 5.32 Å². The van der Waals surface area contributed by atoms with Gasteiger partial charge in [0.2, 0.25) is 0 Å². The van der Waals surface area contributed by atoms with Gasteiger partial charge in [-0.1, -0.05) is 24.3 Å². The molecule has 2 rings (SSSR count). The number of alkyl carbamates (subject to hydrolysis) is 1. The number of rotatable bonds is 2. The molecule has 1 aliphatic carbocycles. The van der Waals surface area contributed by atoms with E-state index in [9.17, 15) is 4.79 Å². The van der Waals surface area contributed by atoms with Gasteiger partial charge in [0.05, 0.1) is 0 Å². The summed E-state index contributed by atoms with van der Waals surface area (Å²) in [6, 6.07) is 8.48. The first-order chi connectivity index (χ1) is 8.44. The van der Waals surface area contributed by atoms with E-state index < -0.39 is 5.60 Å². The first kappa shape index (κ1) is 12.9. The van der Waals surface area contributed by atoms with E-state index in [0.29, 0.717) is 12.5 Å². The van der Waals surface area contributed by atoms with E-state index in [2.05, 4.69) is 29.6 Å². The molecule has 0 radical (unpaired) electrons. The number of nitrogens with one attached hydrogen (secondary N) is 1. The Morgan fingerprint density at radius 3 is 2.33 bits per heavy atom. The lowest BCUT2D eigenvalue weighted by Gasteiger charge is -2.20. The molecular weight excluding hydrogens is 226 g/mol. The van der Waals surface area contributed by atoms with Crippen LogP contribution in [0.1, 0.15) is 31.9 Å². The fourth-order valence-electron chi connectivity index (χ4n) is 2.34. The first-order valence-corrected chi connectivity index (χ1v) is 6.48. The predicted molar refractivity (Wildman–Crippen MR) is 71.6 cm³/mol. The van der Waals surface area contributed by atoms with Gasteiger partial charge < -0.3 is 10.1 Å². The van der Waals surface area contributed by atoms with Crippen molar-refractivity contribution in [3.63, 3.8) is 0 Å². The minimum absolute atomic E-state index is 0.321. The molecule has 0 spiro atoms. The molecule has 1 aromatic carbocycles. The first-order valence-electron chi connectivity index (χ1n) is 6.48. The molecule has 1 aliphatic rings. The van der Waals surface area contributed by atoms with Crippen LogP contribution >= 0.6 is 0 Å². The molecule has 0 saturated carbocycles. The summed E-state index contributed by atoms with van der Waals surface area (Å²) in [5, 5.41) is 2.85. The molecule has 0 aliphatic heterocycles. The van der Waals surface area contributed by atoms with Crippen LogP contribution in [0.15, 0.2) is 24.3 Å². The van der Waals surface area contributed by atoms with E-state index in [0.717, 1.165) is 12.8 Å². The van der Waals surface area contributed by atoms with Crippen LogP contribution in [0.3, 0.4) is 0 Å². The highest BCUT2D eigenvalue weighted by atomic mass is 16.6. The lowest BCUT2D eigenvalue weighted by Crippen LogP contribution is -2.35. The van der Waals surface area contributed by atoms with Gasteiger partial charge in [-0.05, 0) is 50.7 Å². The van der Waals surface area contributed by atoms with Gasteiger partial charge in [-0.2, -0.15) is 0 Å². The standard InChI is InChI=1S/C15H21NO2/c1-15(2,3)18-14(17)16-10-11-8-12-6-4-5-7-13(12)9-11/h4-7,11H,8-10H2,1-3H3,(H,16,17). The maximum atomic E-state index is 11.6. The molecule has 1 N–H and O–H groups in total. The summed E-state index contributed by atoms with van der Waals surface area (Å²) in [4.78, 5) is 11.6. The number of carbonyl (C=O) groups excluding carboxylic acids is 1. The van der Waals surface area contributed by atoms with Crippen molar-refractivity contribution in [3.8, 4) is 0 Å². The summed E-state index contributed by atoms with van der Waals surface area (Å²) >= 11 is 0. The summed E-state index contributed by atoms with van der Waals surface area (Å²) in [5.74, 6) is 0.495. The number of hydrogen-bond donors (Lipinski definition) is 1. The second-order valence-corrected chi connectivity index (χ2v) is 5.93. The summed E-state index contributed by atoms with van der Waals surface area (Å²) in [6.07, 6.45) is 1.77. The zero-order valence-electron chi connectivity index (χ0n) is 11.3. The number of carbonyl (C=O) groups is 1. The highest BCUT2D eigenvalue weighted by molar-refractivity contribution is 5.67. The van der Waals surface area contributed by atoms with Gasteiger partial charge in [-0.3, -0.25) is 0 Å². The largest absolute Gasteiger partial charge is 0.444 e. The van der Waals surface area contributed by atoms with E-state index in [1.807, 2.05) is 20.8 Å². The molecule has 0 bridgehead atoms. The van der Waals surface area contributed by atoms with Crippen LogP contribution in [-0.2, 0) is 17.6 Å². The molecule has 0 aromatic heterocycles. The van der Waals surface area contributed by atoms with Gasteiger partial charge in [0, 0.05) is 6.54 Å².